The molecule has 0 aromatic rings. The van der Waals surface area contributed by atoms with Gasteiger partial charge in [0.25, 0.3) is 0 Å². The number of piperidine rings is 1. The Morgan fingerprint density at radius 1 is 1.26 bits per heavy atom. The summed E-state index contributed by atoms with van der Waals surface area (Å²) in [6.07, 6.45) is 1.75. The Labute approximate surface area is 117 Å². The molecule has 1 rings (SSSR count). The van der Waals surface area contributed by atoms with Gasteiger partial charge in [-0.3, -0.25) is 0 Å². The Balaban J connectivity index is 2.82. The molecule has 0 bridgehead atoms. The number of hydrogen-bond acceptors (Lipinski definition) is 3. The number of amides is 1. The van der Waals surface area contributed by atoms with Crippen LogP contribution in [0.2, 0.25) is 0 Å². The molecule has 1 fully saturated rings. The quantitative estimate of drug-likeness (QED) is 0.797. The van der Waals surface area contributed by atoms with Gasteiger partial charge in [0.1, 0.15) is 5.60 Å². The maximum Gasteiger partial charge on any atom is 0.410 e. The topological polar surface area (TPSA) is 55.6 Å². The molecule has 4 heteroatoms. The minimum Gasteiger partial charge on any atom is -0.444 e. The van der Waals surface area contributed by atoms with E-state index in [9.17, 15) is 4.79 Å². The summed E-state index contributed by atoms with van der Waals surface area (Å²) in [6, 6.07) is 0.199. The zero-order valence-corrected chi connectivity index (χ0v) is 13.3. The van der Waals surface area contributed by atoms with Crippen LogP contribution in [0.15, 0.2) is 0 Å². The molecule has 0 aliphatic carbocycles. The first-order valence-corrected chi connectivity index (χ1v) is 7.24. The van der Waals surface area contributed by atoms with Gasteiger partial charge in [0, 0.05) is 12.6 Å². The predicted molar refractivity (Wildman–Crippen MR) is 78.0 cm³/mol. The number of carbonyl (C=O) groups is 1. The predicted octanol–water partition coefficient (Wildman–Crippen LogP) is 3.01. The first-order chi connectivity index (χ1) is 8.54. The average Bonchev–Trinajstić information content (AvgIpc) is 2.24. The minimum atomic E-state index is -0.440. The summed E-state index contributed by atoms with van der Waals surface area (Å²) < 4.78 is 5.53. The zero-order valence-electron chi connectivity index (χ0n) is 13.3. The van der Waals surface area contributed by atoms with E-state index in [2.05, 4.69) is 20.8 Å². The van der Waals surface area contributed by atoms with Crippen LogP contribution in [0.25, 0.3) is 0 Å². The Hall–Kier alpha value is -0.770. The SMILES string of the molecule is CC(C)(C)OC(=O)N1CCC(CN)CC1C(C)(C)C. The first kappa shape index (κ1) is 16.3. The fourth-order valence-electron chi connectivity index (χ4n) is 2.61. The van der Waals surface area contributed by atoms with Crippen molar-refractivity contribution in [2.75, 3.05) is 13.1 Å². The number of rotatable bonds is 1. The molecule has 1 amide bonds. The molecule has 4 nitrogen and oxygen atoms in total. The van der Waals surface area contributed by atoms with Crippen molar-refractivity contribution in [1.82, 2.24) is 4.90 Å². The van der Waals surface area contributed by atoms with Crippen LogP contribution in [0.1, 0.15) is 54.4 Å². The number of likely N-dealkylation sites (tertiary alicyclic amines) is 1. The highest BCUT2D eigenvalue weighted by Gasteiger charge is 2.39. The lowest BCUT2D eigenvalue weighted by atomic mass is 9.77. The largest absolute Gasteiger partial charge is 0.444 e. The molecule has 0 aromatic carbocycles. The van der Waals surface area contributed by atoms with Gasteiger partial charge in [-0.1, -0.05) is 20.8 Å². The third-order valence-electron chi connectivity index (χ3n) is 3.67. The zero-order chi connectivity index (χ0) is 14.8. The second-order valence-corrected chi connectivity index (χ2v) is 7.68. The van der Waals surface area contributed by atoms with Crippen LogP contribution in [0, 0.1) is 11.3 Å². The summed E-state index contributed by atoms with van der Waals surface area (Å²) in [6.45, 7) is 13.7. The Bertz CT molecular complexity index is 315. The van der Waals surface area contributed by atoms with Crippen LogP contribution < -0.4 is 5.73 Å². The minimum absolute atomic E-state index is 0.0464. The van der Waals surface area contributed by atoms with Gasteiger partial charge >= 0.3 is 6.09 Å². The second-order valence-electron chi connectivity index (χ2n) is 7.68. The molecule has 1 heterocycles. The van der Waals surface area contributed by atoms with Crippen molar-refractivity contribution in [1.29, 1.82) is 0 Å². The van der Waals surface area contributed by atoms with E-state index in [1.807, 2.05) is 25.7 Å². The van der Waals surface area contributed by atoms with Crippen molar-refractivity contribution in [3.63, 3.8) is 0 Å². The van der Waals surface area contributed by atoms with Gasteiger partial charge in [0.15, 0.2) is 0 Å². The van der Waals surface area contributed by atoms with E-state index in [1.165, 1.54) is 0 Å². The molecule has 112 valence electrons. The van der Waals surface area contributed by atoms with Crippen molar-refractivity contribution >= 4 is 6.09 Å². The van der Waals surface area contributed by atoms with Gasteiger partial charge in [-0.2, -0.15) is 0 Å². The lowest BCUT2D eigenvalue weighted by Gasteiger charge is -2.45. The smallest absolute Gasteiger partial charge is 0.410 e. The first-order valence-electron chi connectivity index (χ1n) is 7.24. The number of nitrogens with two attached hydrogens (primary N) is 1. The van der Waals surface area contributed by atoms with Crippen LogP contribution in [0.5, 0.6) is 0 Å². The van der Waals surface area contributed by atoms with Gasteiger partial charge in [-0.15, -0.1) is 0 Å². The lowest BCUT2D eigenvalue weighted by molar-refractivity contribution is -0.0145. The Morgan fingerprint density at radius 2 is 1.84 bits per heavy atom. The van der Waals surface area contributed by atoms with Crippen LogP contribution in [-0.2, 0) is 4.74 Å². The molecule has 1 aliphatic heterocycles. The van der Waals surface area contributed by atoms with E-state index in [0.717, 1.165) is 19.4 Å². The summed E-state index contributed by atoms with van der Waals surface area (Å²) in [5.41, 5.74) is 5.40. The molecule has 19 heavy (non-hydrogen) atoms. The van der Waals surface area contributed by atoms with Crippen LogP contribution >= 0.6 is 0 Å². The summed E-state index contributed by atoms with van der Waals surface area (Å²) in [5, 5.41) is 0. The van der Waals surface area contributed by atoms with Gasteiger partial charge in [-0.05, 0) is 51.5 Å². The third-order valence-corrected chi connectivity index (χ3v) is 3.67. The molecule has 2 atom stereocenters. The van der Waals surface area contributed by atoms with Crippen molar-refractivity contribution in [2.24, 2.45) is 17.1 Å². The summed E-state index contributed by atoms with van der Waals surface area (Å²) in [7, 11) is 0. The average molecular weight is 270 g/mol. The van der Waals surface area contributed by atoms with Crippen LogP contribution in [0.3, 0.4) is 0 Å². The number of carbonyl (C=O) groups excluding carboxylic acids is 1. The van der Waals surface area contributed by atoms with E-state index in [1.54, 1.807) is 0 Å². The molecule has 1 saturated heterocycles. The normalized spacial score (nSPS) is 25.3. The molecule has 0 spiro atoms. The lowest BCUT2D eigenvalue weighted by Crippen LogP contribution is -2.54. The molecule has 0 radical (unpaired) electrons. The second kappa shape index (κ2) is 5.70. The fraction of sp³-hybridized carbons (Fsp3) is 0.933. The fourth-order valence-corrected chi connectivity index (χ4v) is 2.61. The molecule has 1 aliphatic rings. The molecule has 2 unspecified atom stereocenters. The van der Waals surface area contributed by atoms with Crippen molar-refractivity contribution < 1.29 is 9.53 Å². The van der Waals surface area contributed by atoms with E-state index in [4.69, 9.17) is 10.5 Å². The molecule has 0 saturated carbocycles. The van der Waals surface area contributed by atoms with Crippen molar-refractivity contribution in [3.05, 3.63) is 0 Å². The number of nitrogens with zero attached hydrogens (tertiary/aromatic N) is 1. The van der Waals surface area contributed by atoms with Crippen molar-refractivity contribution in [3.8, 4) is 0 Å². The number of ether oxygens (including phenoxy) is 1. The Morgan fingerprint density at radius 3 is 2.26 bits per heavy atom. The maximum absolute atomic E-state index is 12.3. The number of hydrogen-bond donors (Lipinski definition) is 1. The monoisotopic (exact) mass is 270 g/mol. The van der Waals surface area contributed by atoms with Gasteiger partial charge in [-0.25, -0.2) is 4.79 Å². The van der Waals surface area contributed by atoms with Gasteiger partial charge < -0.3 is 15.4 Å². The Kier molecular flexibility index (Phi) is 4.88. The standard InChI is InChI=1S/C15H30N2O2/c1-14(2,3)12-9-11(10-16)7-8-17(12)13(18)19-15(4,5)6/h11-12H,7-10,16H2,1-6H3. The van der Waals surface area contributed by atoms with E-state index >= 15 is 0 Å². The molecule has 2 N–H and O–H groups in total. The van der Waals surface area contributed by atoms with Gasteiger partial charge in [0.2, 0.25) is 0 Å². The maximum atomic E-state index is 12.3. The highest BCUT2D eigenvalue weighted by Crippen LogP contribution is 2.35. The van der Waals surface area contributed by atoms with Crippen molar-refractivity contribution in [2.45, 2.75) is 66.0 Å². The highest BCUT2D eigenvalue weighted by atomic mass is 16.6. The van der Waals surface area contributed by atoms with E-state index in [-0.39, 0.29) is 17.6 Å². The van der Waals surface area contributed by atoms with Crippen LogP contribution in [0.4, 0.5) is 4.79 Å². The van der Waals surface area contributed by atoms with Crippen LogP contribution in [-0.4, -0.2) is 35.7 Å². The summed E-state index contributed by atoms with van der Waals surface area (Å²) in [5.74, 6) is 0.517. The van der Waals surface area contributed by atoms with Gasteiger partial charge in [0.05, 0.1) is 0 Å². The highest BCUT2D eigenvalue weighted by molar-refractivity contribution is 5.68. The summed E-state index contributed by atoms with van der Waals surface area (Å²) >= 11 is 0. The summed E-state index contributed by atoms with van der Waals surface area (Å²) in [4.78, 5) is 14.2. The van der Waals surface area contributed by atoms with E-state index < -0.39 is 5.60 Å². The molecular formula is C15H30N2O2. The third kappa shape index (κ3) is 4.68. The molecular weight excluding hydrogens is 240 g/mol. The van der Waals surface area contributed by atoms with E-state index in [0.29, 0.717) is 12.5 Å². The molecule has 0 aromatic heterocycles.